The Bertz CT molecular complexity index is 1120. The molecule has 0 atom stereocenters. The van der Waals surface area contributed by atoms with Gasteiger partial charge in [0, 0.05) is 20.0 Å². The van der Waals surface area contributed by atoms with Crippen molar-refractivity contribution in [1.82, 2.24) is 14.4 Å². The van der Waals surface area contributed by atoms with Crippen LogP contribution in [0.4, 0.5) is 0 Å². The molecule has 0 aliphatic heterocycles. The van der Waals surface area contributed by atoms with Crippen LogP contribution in [0.25, 0.3) is 0 Å². The van der Waals surface area contributed by atoms with Crippen molar-refractivity contribution in [1.29, 1.82) is 0 Å². The number of likely N-dealkylation sites (N-methyl/N-ethyl adjacent to an activating group) is 1. The van der Waals surface area contributed by atoms with E-state index in [0.29, 0.717) is 23.0 Å². The third-order valence-electron chi connectivity index (χ3n) is 4.75. The van der Waals surface area contributed by atoms with Gasteiger partial charge in [-0.2, -0.15) is 4.98 Å². The minimum atomic E-state index is -3.59. The molecular weight excluding hydrogens is 402 g/mol. The van der Waals surface area contributed by atoms with E-state index in [2.05, 4.69) is 16.2 Å². The van der Waals surface area contributed by atoms with Crippen molar-refractivity contribution in [3.8, 4) is 5.75 Å². The SMILES string of the molecule is Cc1cc(C)cc(OCc2nc(CCN(C)S(=O)(=O)c3cc(C)ccc3C)no2)c1. The molecule has 8 heteroatoms. The Morgan fingerprint density at radius 1 is 1.00 bits per heavy atom. The Morgan fingerprint density at radius 3 is 2.40 bits per heavy atom. The molecule has 2 aromatic carbocycles. The predicted molar refractivity (Wildman–Crippen MR) is 114 cm³/mol. The molecule has 0 aliphatic rings. The molecule has 0 unspecified atom stereocenters. The third kappa shape index (κ3) is 5.25. The number of rotatable bonds is 8. The molecule has 0 N–H and O–H groups in total. The summed E-state index contributed by atoms with van der Waals surface area (Å²) in [6.07, 6.45) is 0.341. The highest BCUT2D eigenvalue weighted by Crippen LogP contribution is 2.21. The summed E-state index contributed by atoms with van der Waals surface area (Å²) in [5.74, 6) is 1.54. The van der Waals surface area contributed by atoms with Gasteiger partial charge in [-0.15, -0.1) is 0 Å². The molecule has 0 fully saturated rings. The molecule has 0 radical (unpaired) electrons. The summed E-state index contributed by atoms with van der Waals surface area (Å²) in [6.45, 7) is 8.08. The smallest absolute Gasteiger partial charge is 0.264 e. The number of nitrogens with zero attached hydrogens (tertiary/aromatic N) is 3. The normalized spacial score (nSPS) is 11.8. The van der Waals surface area contributed by atoms with Crippen molar-refractivity contribution in [2.24, 2.45) is 0 Å². The quantitative estimate of drug-likeness (QED) is 0.542. The van der Waals surface area contributed by atoms with Crippen LogP contribution >= 0.6 is 0 Å². The van der Waals surface area contributed by atoms with Gasteiger partial charge in [-0.25, -0.2) is 12.7 Å². The summed E-state index contributed by atoms with van der Waals surface area (Å²) >= 11 is 0. The standard InChI is InChI=1S/C22H27N3O4S/c1-15-6-7-18(4)20(13-15)30(26,27)25(5)9-8-21-23-22(29-24-21)14-28-19-11-16(2)10-17(3)12-19/h6-7,10-13H,8-9,14H2,1-5H3. The Labute approximate surface area is 177 Å². The van der Waals surface area contributed by atoms with E-state index in [0.717, 1.165) is 28.0 Å². The van der Waals surface area contributed by atoms with Crippen molar-refractivity contribution in [3.05, 3.63) is 70.4 Å². The molecule has 30 heavy (non-hydrogen) atoms. The van der Waals surface area contributed by atoms with Crippen LogP contribution in [0.15, 0.2) is 45.8 Å². The molecule has 0 saturated carbocycles. The lowest BCUT2D eigenvalue weighted by molar-refractivity contribution is 0.242. The second kappa shape index (κ2) is 8.97. The van der Waals surface area contributed by atoms with Gasteiger partial charge >= 0.3 is 0 Å². The van der Waals surface area contributed by atoms with E-state index < -0.39 is 10.0 Å². The van der Waals surface area contributed by atoms with Gasteiger partial charge < -0.3 is 9.26 Å². The minimum absolute atomic E-state index is 0.159. The van der Waals surface area contributed by atoms with Crippen molar-refractivity contribution in [2.75, 3.05) is 13.6 Å². The van der Waals surface area contributed by atoms with Gasteiger partial charge in [0.05, 0.1) is 4.90 Å². The lowest BCUT2D eigenvalue weighted by atomic mass is 10.1. The van der Waals surface area contributed by atoms with Gasteiger partial charge in [-0.05, 0) is 68.1 Å². The van der Waals surface area contributed by atoms with Crippen LogP contribution in [0.3, 0.4) is 0 Å². The number of sulfonamides is 1. The van der Waals surface area contributed by atoms with Crippen molar-refractivity contribution < 1.29 is 17.7 Å². The molecule has 1 aromatic heterocycles. The number of benzene rings is 2. The van der Waals surface area contributed by atoms with Gasteiger partial charge in [0.2, 0.25) is 10.0 Å². The van der Waals surface area contributed by atoms with E-state index >= 15 is 0 Å². The van der Waals surface area contributed by atoms with Crippen LogP contribution in [0, 0.1) is 27.7 Å². The Balaban J connectivity index is 1.60. The molecular formula is C22H27N3O4S. The minimum Gasteiger partial charge on any atom is -0.484 e. The van der Waals surface area contributed by atoms with E-state index in [1.54, 1.807) is 20.0 Å². The first-order chi connectivity index (χ1) is 14.1. The maximum absolute atomic E-state index is 12.9. The van der Waals surface area contributed by atoms with Crippen molar-refractivity contribution >= 4 is 10.0 Å². The fraction of sp³-hybridized carbons (Fsp3) is 0.364. The highest BCUT2D eigenvalue weighted by molar-refractivity contribution is 7.89. The Kier molecular flexibility index (Phi) is 6.58. The van der Waals surface area contributed by atoms with Crippen LogP contribution in [-0.2, 0) is 23.1 Å². The maximum Gasteiger partial charge on any atom is 0.264 e. The molecule has 0 amide bonds. The molecule has 0 spiro atoms. The topological polar surface area (TPSA) is 85.5 Å². The van der Waals surface area contributed by atoms with Gasteiger partial charge in [0.15, 0.2) is 12.4 Å². The second-order valence-electron chi connectivity index (χ2n) is 7.56. The number of hydrogen-bond acceptors (Lipinski definition) is 6. The summed E-state index contributed by atoms with van der Waals surface area (Å²) in [5, 5.41) is 3.93. The third-order valence-corrected chi connectivity index (χ3v) is 6.75. The fourth-order valence-corrected chi connectivity index (χ4v) is 4.62. The van der Waals surface area contributed by atoms with E-state index in [1.807, 2.05) is 45.0 Å². The second-order valence-corrected chi connectivity index (χ2v) is 9.58. The largest absolute Gasteiger partial charge is 0.484 e. The van der Waals surface area contributed by atoms with Gasteiger partial charge in [-0.3, -0.25) is 0 Å². The van der Waals surface area contributed by atoms with Gasteiger partial charge in [0.25, 0.3) is 5.89 Å². The fourth-order valence-electron chi connectivity index (χ4n) is 3.14. The zero-order valence-corrected chi connectivity index (χ0v) is 18.8. The lowest BCUT2D eigenvalue weighted by Crippen LogP contribution is -2.29. The van der Waals surface area contributed by atoms with Crippen LogP contribution in [0.1, 0.15) is 34.0 Å². The average Bonchev–Trinajstić information content (AvgIpc) is 3.13. The highest BCUT2D eigenvalue weighted by Gasteiger charge is 2.23. The van der Waals surface area contributed by atoms with Crippen molar-refractivity contribution in [2.45, 2.75) is 45.6 Å². The maximum atomic E-state index is 12.9. The van der Waals surface area contributed by atoms with E-state index in [9.17, 15) is 8.42 Å². The van der Waals surface area contributed by atoms with E-state index in [-0.39, 0.29) is 13.2 Å². The zero-order valence-electron chi connectivity index (χ0n) is 18.0. The number of hydrogen-bond donors (Lipinski definition) is 0. The van der Waals surface area contributed by atoms with Crippen LogP contribution < -0.4 is 4.74 Å². The Hall–Kier alpha value is -2.71. The summed E-state index contributed by atoms with van der Waals surface area (Å²) in [4.78, 5) is 4.62. The summed E-state index contributed by atoms with van der Waals surface area (Å²) in [6, 6.07) is 11.4. The predicted octanol–water partition coefficient (Wildman–Crippen LogP) is 3.75. The molecule has 3 rings (SSSR count). The van der Waals surface area contributed by atoms with Gasteiger partial charge in [0.1, 0.15) is 5.75 Å². The van der Waals surface area contributed by atoms with Crippen LogP contribution in [0.5, 0.6) is 5.75 Å². The molecule has 7 nitrogen and oxygen atoms in total. The summed E-state index contributed by atoms with van der Waals surface area (Å²) < 4.78 is 38.0. The van der Waals surface area contributed by atoms with E-state index in [1.165, 1.54) is 4.31 Å². The molecule has 0 saturated heterocycles. The highest BCUT2D eigenvalue weighted by atomic mass is 32.2. The molecule has 0 bridgehead atoms. The first-order valence-electron chi connectivity index (χ1n) is 9.71. The monoisotopic (exact) mass is 429 g/mol. The summed E-state index contributed by atoms with van der Waals surface area (Å²) in [5.41, 5.74) is 3.85. The van der Waals surface area contributed by atoms with Crippen LogP contribution in [-0.4, -0.2) is 36.5 Å². The number of aryl methyl sites for hydroxylation is 4. The Morgan fingerprint density at radius 2 is 1.70 bits per heavy atom. The molecule has 1 heterocycles. The summed E-state index contributed by atoms with van der Waals surface area (Å²) in [7, 11) is -2.03. The number of aromatic nitrogens is 2. The zero-order chi connectivity index (χ0) is 21.9. The molecule has 3 aromatic rings. The van der Waals surface area contributed by atoms with Gasteiger partial charge in [-0.1, -0.05) is 23.4 Å². The van der Waals surface area contributed by atoms with E-state index in [4.69, 9.17) is 9.26 Å². The first-order valence-corrected chi connectivity index (χ1v) is 11.2. The van der Waals surface area contributed by atoms with Crippen molar-refractivity contribution in [3.63, 3.8) is 0 Å². The average molecular weight is 430 g/mol. The number of ether oxygens (including phenoxy) is 1. The lowest BCUT2D eigenvalue weighted by Gasteiger charge is -2.18. The first kappa shape index (κ1) is 22.0. The molecule has 0 aliphatic carbocycles. The van der Waals surface area contributed by atoms with Crippen LogP contribution in [0.2, 0.25) is 0 Å². The molecule has 160 valence electrons.